The lowest BCUT2D eigenvalue weighted by Gasteiger charge is -2.31. The summed E-state index contributed by atoms with van der Waals surface area (Å²) in [5, 5.41) is 9.66. The van der Waals surface area contributed by atoms with Crippen LogP contribution in [0.1, 0.15) is 39.5 Å². The monoisotopic (exact) mass is 171 g/mol. The van der Waals surface area contributed by atoms with E-state index in [4.69, 9.17) is 0 Å². The number of nitrogens with zero attached hydrogens (tertiary/aromatic N) is 1. The molecule has 0 heterocycles. The fraction of sp³-hybridized carbons (Fsp3) is 1.00. The molecule has 0 saturated heterocycles. The summed E-state index contributed by atoms with van der Waals surface area (Å²) in [5.74, 6) is 0. The number of aliphatic hydroxyl groups is 1. The Hall–Kier alpha value is -0.0800. The number of likely N-dealkylation sites (N-methyl/N-ethyl adjacent to an activating group) is 1. The van der Waals surface area contributed by atoms with E-state index >= 15 is 0 Å². The van der Waals surface area contributed by atoms with Crippen molar-refractivity contribution in [2.75, 3.05) is 7.05 Å². The maximum absolute atomic E-state index is 9.66. The van der Waals surface area contributed by atoms with Crippen molar-refractivity contribution < 1.29 is 5.11 Å². The minimum atomic E-state index is -0.0796. The Balaban J connectivity index is 2.45. The first-order chi connectivity index (χ1) is 5.66. The molecular formula is C10H21NO. The van der Waals surface area contributed by atoms with Crippen molar-refractivity contribution in [1.29, 1.82) is 0 Å². The highest BCUT2D eigenvalue weighted by atomic mass is 16.3. The van der Waals surface area contributed by atoms with E-state index in [2.05, 4.69) is 25.8 Å². The van der Waals surface area contributed by atoms with Crippen LogP contribution in [0.15, 0.2) is 0 Å². The standard InChI is InChI=1S/C10H21NO/c1-4-8(2)11(3)9-6-5-7-10(9)12/h8-10,12H,4-7H2,1-3H3. The van der Waals surface area contributed by atoms with E-state index < -0.39 is 0 Å². The molecule has 2 heteroatoms. The first kappa shape index (κ1) is 10.0. The van der Waals surface area contributed by atoms with Gasteiger partial charge in [0.1, 0.15) is 0 Å². The Labute approximate surface area is 75.6 Å². The van der Waals surface area contributed by atoms with Crippen LogP contribution in [0.2, 0.25) is 0 Å². The maximum Gasteiger partial charge on any atom is 0.0695 e. The van der Waals surface area contributed by atoms with Gasteiger partial charge in [0.15, 0.2) is 0 Å². The fourth-order valence-electron chi connectivity index (χ4n) is 2.01. The van der Waals surface area contributed by atoms with Gasteiger partial charge in [0, 0.05) is 12.1 Å². The second-order valence-corrected chi connectivity index (χ2v) is 3.99. The number of aliphatic hydroxyl groups excluding tert-OH is 1. The van der Waals surface area contributed by atoms with Gasteiger partial charge in [-0.05, 0) is 39.7 Å². The van der Waals surface area contributed by atoms with Crippen molar-refractivity contribution in [3.63, 3.8) is 0 Å². The molecule has 2 nitrogen and oxygen atoms in total. The normalized spacial score (nSPS) is 32.8. The molecule has 0 aromatic rings. The Morgan fingerprint density at radius 2 is 2.17 bits per heavy atom. The molecule has 0 aromatic carbocycles. The van der Waals surface area contributed by atoms with E-state index in [9.17, 15) is 5.11 Å². The molecule has 1 aliphatic rings. The molecule has 1 saturated carbocycles. The van der Waals surface area contributed by atoms with Crippen LogP contribution in [0.3, 0.4) is 0 Å². The summed E-state index contributed by atoms with van der Waals surface area (Å²) >= 11 is 0. The summed E-state index contributed by atoms with van der Waals surface area (Å²) < 4.78 is 0. The summed E-state index contributed by atoms with van der Waals surface area (Å²) in [6.07, 6.45) is 4.43. The highest BCUT2D eigenvalue weighted by Gasteiger charge is 2.30. The largest absolute Gasteiger partial charge is 0.391 e. The molecule has 3 atom stereocenters. The molecule has 0 radical (unpaired) electrons. The summed E-state index contributed by atoms with van der Waals surface area (Å²) in [6.45, 7) is 4.42. The van der Waals surface area contributed by atoms with E-state index in [1.165, 1.54) is 19.3 Å². The average Bonchev–Trinajstić information content (AvgIpc) is 2.48. The summed E-state index contributed by atoms with van der Waals surface area (Å²) in [5.41, 5.74) is 0. The van der Waals surface area contributed by atoms with E-state index in [-0.39, 0.29) is 6.10 Å². The second kappa shape index (κ2) is 4.24. The van der Waals surface area contributed by atoms with Crippen LogP contribution in [0.5, 0.6) is 0 Å². The van der Waals surface area contributed by atoms with Gasteiger partial charge in [0.2, 0.25) is 0 Å². The fourth-order valence-corrected chi connectivity index (χ4v) is 2.01. The number of hydrogen-bond donors (Lipinski definition) is 1. The predicted octanol–water partition coefficient (Wildman–Crippen LogP) is 1.63. The van der Waals surface area contributed by atoms with Crippen LogP contribution in [0, 0.1) is 0 Å². The van der Waals surface area contributed by atoms with Crippen molar-refractivity contribution in [2.45, 2.75) is 57.7 Å². The highest BCUT2D eigenvalue weighted by Crippen LogP contribution is 2.24. The molecule has 72 valence electrons. The lowest BCUT2D eigenvalue weighted by molar-refractivity contribution is 0.0647. The number of hydrogen-bond acceptors (Lipinski definition) is 2. The van der Waals surface area contributed by atoms with Crippen molar-refractivity contribution in [3.8, 4) is 0 Å². The van der Waals surface area contributed by atoms with Crippen LogP contribution in [-0.2, 0) is 0 Å². The zero-order chi connectivity index (χ0) is 9.14. The van der Waals surface area contributed by atoms with Crippen LogP contribution in [0.25, 0.3) is 0 Å². The highest BCUT2D eigenvalue weighted by molar-refractivity contribution is 4.85. The Bertz CT molecular complexity index is 138. The minimum Gasteiger partial charge on any atom is -0.391 e. The third-order valence-corrected chi connectivity index (χ3v) is 3.25. The van der Waals surface area contributed by atoms with Gasteiger partial charge < -0.3 is 5.11 Å². The molecule has 0 bridgehead atoms. The lowest BCUT2D eigenvalue weighted by atomic mass is 10.1. The van der Waals surface area contributed by atoms with E-state index in [0.29, 0.717) is 12.1 Å². The molecule has 0 aromatic heterocycles. The summed E-state index contributed by atoms with van der Waals surface area (Å²) in [7, 11) is 2.13. The first-order valence-corrected chi connectivity index (χ1v) is 5.06. The molecule has 0 aliphatic heterocycles. The summed E-state index contributed by atoms with van der Waals surface area (Å²) in [4.78, 5) is 2.33. The van der Waals surface area contributed by atoms with Crippen LogP contribution >= 0.6 is 0 Å². The third-order valence-electron chi connectivity index (χ3n) is 3.25. The molecule has 0 amide bonds. The zero-order valence-corrected chi connectivity index (χ0v) is 8.45. The quantitative estimate of drug-likeness (QED) is 0.697. The molecule has 12 heavy (non-hydrogen) atoms. The molecule has 1 N–H and O–H groups in total. The first-order valence-electron chi connectivity index (χ1n) is 5.06. The number of rotatable bonds is 3. The Morgan fingerprint density at radius 3 is 2.58 bits per heavy atom. The third kappa shape index (κ3) is 1.99. The van der Waals surface area contributed by atoms with Gasteiger partial charge in [0.05, 0.1) is 6.10 Å². The lowest BCUT2D eigenvalue weighted by Crippen LogP contribution is -2.42. The SMILES string of the molecule is CCC(C)N(C)C1CCCC1O. The van der Waals surface area contributed by atoms with Crippen molar-refractivity contribution >= 4 is 0 Å². The van der Waals surface area contributed by atoms with Crippen LogP contribution in [-0.4, -0.2) is 35.2 Å². The molecule has 1 aliphatic carbocycles. The molecular weight excluding hydrogens is 150 g/mol. The summed E-state index contributed by atoms with van der Waals surface area (Å²) in [6, 6.07) is 1.02. The van der Waals surface area contributed by atoms with Gasteiger partial charge in [-0.25, -0.2) is 0 Å². The molecule has 3 unspecified atom stereocenters. The van der Waals surface area contributed by atoms with E-state index in [1.54, 1.807) is 0 Å². The van der Waals surface area contributed by atoms with Crippen molar-refractivity contribution in [3.05, 3.63) is 0 Å². The van der Waals surface area contributed by atoms with Gasteiger partial charge in [-0.2, -0.15) is 0 Å². The van der Waals surface area contributed by atoms with Gasteiger partial charge in [-0.3, -0.25) is 4.90 Å². The smallest absolute Gasteiger partial charge is 0.0695 e. The Morgan fingerprint density at radius 1 is 1.50 bits per heavy atom. The van der Waals surface area contributed by atoms with Gasteiger partial charge in [-0.15, -0.1) is 0 Å². The van der Waals surface area contributed by atoms with Crippen LogP contribution < -0.4 is 0 Å². The Kier molecular flexibility index (Phi) is 3.53. The minimum absolute atomic E-state index is 0.0796. The average molecular weight is 171 g/mol. The van der Waals surface area contributed by atoms with Crippen molar-refractivity contribution in [1.82, 2.24) is 4.90 Å². The molecule has 0 spiro atoms. The topological polar surface area (TPSA) is 23.5 Å². The molecule has 1 rings (SSSR count). The van der Waals surface area contributed by atoms with Gasteiger partial charge in [-0.1, -0.05) is 6.92 Å². The van der Waals surface area contributed by atoms with E-state index in [0.717, 1.165) is 6.42 Å². The van der Waals surface area contributed by atoms with Gasteiger partial charge >= 0.3 is 0 Å². The zero-order valence-electron chi connectivity index (χ0n) is 8.45. The second-order valence-electron chi connectivity index (χ2n) is 3.99. The van der Waals surface area contributed by atoms with Gasteiger partial charge in [0.25, 0.3) is 0 Å². The maximum atomic E-state index is 9.66. The van der Waals surface area contributed by atoms with E-state index in [1.807, 2.05) is 0 Å². The predicted molar refractivity (Wildman–Crippen MR) is 51.2 cm³/mol. The van der Waals surface area contributed by atoms with Crippen molar-refractivity contribution in [2.24, 2.45) is 0 Å². The van der Waals surface area contributed by atoms with Crippen LogP contribution in [0.4, 0.5) is 0 Å². The molecule has 1 fully saturated rings.